The maximum absolute atomic E-state index is 11.6. The normalized spacial score (nSPS) is 10.6. The molecule has 0 spiro atoms. The third-order valence-electron chi connectivity index (χ3n) is 3.34. The molecule has 2 aromatic rings. The Bertz CT molecular complexity index is 858. The molecule has 2 rings (SSSR count). The number of carboxylic acid groups (broad SMARTS) is 2. The SMILES string of the molecule is CCCCOc1c(Cl)cc(SSc2cc(Cl)cc(C(=O)O)c2)cc1C(=O)O. The second-order valence-corrected chi connectivity index (χ2v) is 8.56. The molecule has 0 bridgehead atoms. The number of carbonyl (C=O) groups is 2. The molecule has 0 radical (unpaired) electrons. The van der Waals surface area contributed by atoms with Crippen molar-refractivity contribution in [2.75, 3.05) is 6.61 Å². The summed E-state index contributed by atoms with van der Waals surface area (Å²) in [6.45, 7) is 2.39. The molecule has 0 aromatic heterocycles. The zero-order valence-corrected chi connectivity index (χ0v) is 17.3. The van der Waals surface area contributed by atoms with Crippen molar-refractivity contribution in [1.29, 1.82) is 0 Å². The molecule has 0 aliphatic rings. The van der Waals surface area contributed by atoms with E-state index in [1.54, 1.807) is 12.1 Å². The molecule has 0 aliphatic heterocycles. The van der Waals surface area contributed by atoms with Crippen molar-refractivity contribution >= 4 is 56.7 Å². The summed E-state index contributed by atoms with van der Waals surface area (Å²) in [7, 11) is 2.50. The maximum Gasteiger partial charge on any atom is 0.339 e. The van der Waals surface area contributed by atoms with E-state index in [-0.39, 0.29) is 21.9 Å². The van der Waals surface area contributed by atoms with E-state index < -0.39 is 11.9 Å². The lowest BCUT2D eigenvalue weighted by atomic mass is 10.2. The first-order valence-electron chi connectivity index (χ1n) is 7.89. The highest BCUT2D eigenvalue weighted by atomic mass is 35.5. The van der Waals surface area contributed by atoms with Crippen LogP contribution in [0.4, 0.5) is 0 Å². The largest absolute Gasteiger partial charge is 0.491 e. The Kier molecular flexibility index (Phi) is 8.16. The molecule has 0 saturated carbocycles. The molecule has 2 aromatic carbocycles. The lowest BCUT2D eigenvalue weighted by molar-refractivity contribution is 0.0683. The van der Waals surface area contributed by atoms with E-state index in [2.05, 4.69) is 0 Å². The molecular weight excluding hydrogens is 431 g/mol. The highest BCUT2D eigenvalue weighted by Crippen LogP contribution is 2.42. The van der Waals surface area contributed by atoms with Crippen molar-refractivity contribution in [2.24, 2.45) is 0 Å². The van der Waals surface area contributed by atoms with Crippen molar-refractivity contribution < 1.29 is 24.5 Å². The van der Waals surface area contributed by atoms with E-state index in [4.69, 9.17) is 33.0 Å². The first-order chi connectivity index (χ1) is 12.8. The summed E-state index contributed by atoms with van der Waals surface area (Å²) in [5.41, 5.74) is 0.0635. The average molecular weight is 447 g/mol. The van der Waals surface area contributed by atoms with Gasteiger partial charge in [0.15, 0.2) is 5.75 Å². The predicted octanol–water partition coefficient (Wildman–Crippen LogP) is 6.37. The van der Waals surface area contributed by atoms with Crippen LogP contribution in [-0.4, -0.2) is 28.8 Å². The molecule has 0 aliphatic carbocycles. The summed E-state index contributed by atoms with van der Waals surface area (Å²) in [6.07, 6.45) is 1.71. The van der Waals surface area contributed by atoms with Crippen molar-refractivity contribution in [3.8, 4) is 5.75 Å². The summed E-state index contributed by atoms with van der Waals surface area (Å²) in [5.74, 6) is -2.05. The summed E-state index contributed by atoms with van der Waals surface area (Å²) in [5, 5.41) is 19.1. The monoisotopic (exact) mass is 446 g/mol. The van der Waals surface area contributed by atoms with E-state index in [0.717, 1.165) is 12.8 Å². The Morgan fingerprint density at radius 3 is 2.26 bits per heavy atom. The minimum absolute atomic E-state index is 0.0148. The summed E-state index contributed by atoms with van der Waals surface area (Å²) >= 11 is 12.2. The Morgan fingerprint density at radius 2 is 1.67 bits per heavy atom. The van der Waals surface area contributed by atoms with Gasteiger partial charge in [0.2, 0.25) is 0 Å². The second kappa shape index (κ2) is 10.1. The van der Waals surface area contributed by atoms with Crippen molar-refractivity contribution in [3.63, 3.8) is 0 Å². The van der Waals surface area contributed by atoms with Gasteiger partial charge in [0, 0.05) is 14.8 Å². The standard InChI is InChI=1S/C18H16Cl2O5S2/c1-2-3-4-25-16-14(18(23)24)8-13(9-15(16)20)27-26-12-6-10(17(21)22)5-11(19)7-12/h5-9H,2-4H2,1H3,(H,21,22)(H,23,24). The fourth-order valence-corrected chi connectivity index (χ4v) is 4.74. The first kappa shape index (κ1) is 21.8. The van der Waals surface area contributed by atoms with E-state index in [9.17, 15) is 14.7 Å². The zero-order chi connectivity index (χ0) is 20.0. The van der Waals surface area contributed by atoms with Crippen molar-refractivity contribution in [1.82, 2.24) is 0 Å². The molecule has 0 fully saturated rings. The molecule has 0 saturated heterocycles. The topological polar surface area (TPSA) is 83.8 Å². The predicted molar refractivity (Wildman–Crippen MR) is 109 cm³/mol. The van der Waals surface area contributed by atoms with E-state index >= 15 is 0 Å². The fraction of sp³-hybridized carbons (Fsp3) is 0.222. The molecule has 0 amide bonds. The highest BCUT2D eigenvalue weighted by molar-refractivity contribution is 8.76. The molecule has 0 heterocycles. The number of carboxylic acids is 2. The second-order valence-electron chi connectivity index (χ2n) is 5.44. The van der Waals surface area contributed by atoms with Crippen LogP contribution in [-0.2, 0) is 0 Å². The van der Waals surface area contributed by atoms with Crippen LogP contribution in [0.3, 0.4) is 0 Å². The molecule has 5 nitrogen and oxygen atoms in total. The number of benzene rings is 2. The van der Waals surface area contributed by atoms with Crippen LogP contribution >= 0.6 is 44.8 Å². The van der Waals surface area contributed by atoms with E-state index in [0.29, 0.717) is 21.4 Å². The summed E-state index contributed by atoms with van der Waals surface area (Å²) in [6, 6.07) is 7.59. The van der Waals surface area contributed by atoms with E-state index in [1.807, 2.05) is 6.92 Å². The van der Waals surface area contributed by atoms with Gasteiger partial charge in [0.05, 0.1) is 17.2 Å². The highest BCUT2D eigenvalue weighted by Gasteiger charge is 2.18. The van der Waals surface area contributed by atoms with Gasteiger partial charge in [-0.2, -0.15) is 0 Å². The van der Waals surface area contributed by atoms with E-state index in [1.165, 1.54) is 39.8 Å². The number of unbranched alkanes of at least 4 members (excludes halogenated alkanes) is 1. The minimum Gasteiger partial charge on any atom is -0.491 e. The quantitative estimate of drug-likeness (QED) is 0.341. The molecule has 9 heteroatoms. The lowest BCUT2D eigenvalue weighted by Crippen LogP contribution is -2.05. The Labute approximate surface area is 174 Å². The van der Waals surface area contributed by atoms with Crippen LogP contribution in [0, 0.1) is 0 Å². The number of hydrogen-bond donors (Lipinski definition) is 2. The van der Waals surface area contributed by atoms with Crippen LogP contribution in [0.15, 0.2) is 40.1 Å². The average Bonchev–Trinajstić information content (AvgIpc) is 2.60. The fourth-order valence-electron chi connectivity index (χ4n) is 2.07. The van der Waals surface area contributed by atoms with Crippen LogP contribution in [0.1, 0.15) is 40.5 Å². The number of ether oxygens (including phenoxy) is 1. The van der Waals surface area contributed by atoms with Gasteiger partial charge in [-0.3, -0.25) is 0 Å². The number of hydrogen-bond acceptors (Lipinski definition) is 5. The van der Waals surface area contributed by atoms with Crippen LogP contribution in [0.5, 0.6) is 5.75 Å². The van der Waals surface area contributed by atoms with Crippen molar-refractivity contribution in [2.45, 2.75) is 29.6 Å². The third-order valence-corrected chi connectivity index (χ3v) is 6.19. The minimum atomic E-state index is -1.13. The van der Waals surface area contributed by atoms with Crippen molar-refractivity contribution in [3.05, 3.63) is 51.5 Å². The van der Waals surface area contributed by atoms with Gasteiger partial charge in [-0.1, -0.05) is 58.1 Å². The summed E-state index contributed by atoms with van der Waals surface area (Å²) < 4.78 is 5.53. The van der Waals surface area contributed by atoms with Gasteiger partial charge in [-0.05, 0) is 36.8 Å². The van der Waals surface area contributed by atoms with Gasteiger partial charge in [0.25, 0.3) is 0 Å². The molecule has 0 unspecified atom stereocenters. The number of halogens is 2. The number of rotatable bonds is 9. The maximum atomic E-state index is 11.6. The molecule has 2 N–H and O–H groups in total. The Morgan fingerprint density at radius 1 is 1.00 bits per heavy atom. The van der Waals surface area contributed by atoms with Crippen LogP contribution in [0.2, 0.25) is 10.0 Å². The third kappa shape index (κ3) is 6.24. The van der Waals surface area contributed by atoms with Gasteiger partial charge < -0.3 is 14.9 Å². The summed E-state index contributed by atoms with van der Waals surface area (Å²) in [4.78, 5) is 23.9. The van der Waals surface area contributed by atoms with Crippen LogP contribution < -0.4 is 4.74 Å². The Balaban J connectivity index is 2.22. The molecule has 27 heavy (non-hydrogen) atoms. The zero-order valence-electron chi connectivity index (χ0n) is 14.2. The molecule has 0 atom stereocenters. The van der Waals surface area contributed by atoms with Gasteiger partial charge in [-0.25, -0.2) is 9.59 Å². The Hall–Kier alpha value is -1.54. The lowest BCUT2D eigenvalue weighted by Gasteiger charge is -2.12. The van der Waals surface area contributed by atoms with Gasteiger partial charge in [-0.15, -0.1) is 0 Å². The van der Waals surface area contributed by atoms with Gasteiger partial charge in [0.1, 0.15) is 5.56 Å². The number of aromatic carboxylic acids is 2. The molecule has 144 valence electrons. The van der Waals surface area contributed by atoms with Crippen LogP contribution in [0.25, 0.3) is 0 Å². The van der Waals surface area contributed by atoms with Gasteiger partial charge >= 0.3 is 11.9 Å². The smallest absolute Gasteiger partial charge is 0.339 e. The first-order valence-corrected chi connectivity index (χ1v) is 10.8. The molecular formula is C18H16Cl2O5S2.